The van der Waals surface area contributed by atoms with Crippen LogP contribution < -0.4 is 10.6 Å². The number of amides is 2. The fraction of sp³-hybridized carbons (Fsp3) is 0.214. The van der Waals surface area contributed by atoms with Crippen molar-refractivity contribution in [1.29, 1.82) is 0 Å². The number of urea groups is 1. The van der Waals surface area contributed by atoms with E-state index in [9.17, 15) is 13.6 Å². The second-order valence-corrected chi connectivity index (χ2v) is 10.2. The van der Waals surface area contributed by atoms with E-state index in [1.807, 2.05) is 46.3 Å². The molecule has 0 unspecified atom stereocenters. The summed E-state index contributed by atoms with van der Waals surface area (Å²) in [6.07, 6.45) is 5.25. The molecule has 3 aromatic heterocycles. The highest BCUT2D eigenvalue weighted by molar-refractivity contribution is 7.15. The first-order chi connectivity index (χ1) is 19.0. The third-order valence-electron chi connectivity index (χ3n) is 6.68. The van der Waals surface area contributed by atoms with Crippen molar-refractivity contribution in [1.82, 2.24) is 29.6 Å². The number of aromatic nitrogens is 4. The lowest BCUT2D eigenvalue weighted by Crippen LogP contribution is -2.49. The van der Waals surface area contributed by atoms with E-state index in [0.29, 0.717) is 53.2 Å². The van der Waals surface area contributed by atoms with Gasteiger partial charge in [-0.3, -0.25) is 4.40 Å². The summed E-state index contributed by atoms with van der Waals surface area (Å²) in [4.78, 5) is 29.1. The molecule has 5 aromatic rings. The number of carbonyl (C=O) groups is 1. The number of rotatable bonds is 6. The maximum absolute atomic E-state index is 14.1. The number of benzene rings is 2. The highest BCUT2D eigenvalue weighted by Crippen LogP contribution is 2.34. The Kier molecular flexibility index (Phi) is 6.89. The minimum absolute atomic E-state index is 0.0197. The van der Waals surface area contributed by atoms with Crippen molar-refractivity contribution >= 4 is 28.3 Å². The van der Waals surface area contributed by atoms with Gasteiger partial charge in [0.2, 0.25) is 5.95 Å². The number of anilines is 1. The predicted molar refractivity (Wildman–Crippen MR) is 146 cm³/mol. The van der Waals surface area contributed by atoms with Crippen LogP contribution in [0, 0.1) is 11.6 Å². The maximum Gasteiger partial charge on any atom is 0.317 e. The molecule has 2 amide bonds. The third-order valence-corrected chi connectivity index (χ3v) is 7.44. The van der Waals surface area contributed by atoms with Crippen molar-refractivity contribution in [2.24, 2.45) is 0 Å². The summed E-state index contributed by atoms with van der Waals surface area (Å²) >= 11 is 1.44. The monoisotopic (exact) mass is 545 g/mol. The quantitative estimate of drug-likeness (QED) is 0.291. The van der Waals surface area contributed by atoms with Crippen molar-refractivity contribution in [3.05, 3.63) is 89.6 Å². The molecule has 39 heavy (non-hydrogen) atoms. The molecule has 0 spiro atoms. The lowest BCUT2D eigenvalue weighted by molar-refractivity contribution is 0.182. The molecule has 4 heterocycles. The summed E-state index contributed by atoms with van der Waals surface area (Å²) in [5.74, 6) is -1.43. The highest BCUT2D eigenvalue weighted by atomic mass is 32.1. The number of thiazole rings is 1. The lowest BCUT2D eigenvalue weighted by atomic mass is 10.1. The van der Waals surface area contributed by atoms with Crippen LogP contribution >= 0.6 is 11.3 Å². The molecule has 2 aromatic carbocycles. The van der Waals surface area contributed by atoms with Crippen LogP contribution in [0.3, 0.4) is 0 Å². The Bertz CT molecular complexity index is 1620. The Morgan fingerprint density at radius 2 is 1.95 bits per heavy atom. The number of piperidine rings is 1. The largest absolute Gasteiger partial charge is 0.350 e. The van der Waals surface area contributed by atoms with Crippen molar-refractivity contribution < 1.29 is 13.6 Å². The van der Waals surface area contributed by atoms with Crippen LogP contribution in [-0.4, -0.2) is 49.4 Å². The van der Waals surface area contributed by atoms with E-state index in [2.05, 4.69) is 20.6 Å². The molecule has 0 saturated carbocycles. The van der Waals surface area contributed by atoms with E-state index in [1.54, 1.807) is 17.2 Å². The van der Waals surface area contributed by atoms with Gasteiger partial charge in [-0.05, 0) is 42.7 Å². The third kappa shape index (κ3) is 5.30. The second kappa shape index (κ2) is 10.8. The molecule has 8 nitrogen and oxygen atoms in total. The second-order valence-electron chi connectivity index (χ2n) is 9.33. The van der Waals surface area contributed by atoms with Gasteiger partial charge in [-0.25, -0.2) is 28.5 Å². The maximum atomic E-state index is 14.1. The number of fused-ring (bicyclic) bond motifs is 1. The van der Waals surface area contributed by atoms with E-state index in [0.717, 1.165) is 30.5 Å². The fourth-order valence-electron chi connectivity index (χ4n) is 4.78. The Balaban J connectivity index is 1.20. The van der Waals surface area contributed by atoms with E-state index in [1.165, 1.54) is 17.4 Å². The summed E-state index contributed by atoms with van der Waals surface area (Å²) in [6, 6.07) is 15.2. The SMILES string of the molecule is O=C(NCc1ccccc1)N1CCC[C@@H](Nc2nccc(-c3c(-c4ccc(F)c(F)c4)nc4sccn34)n2)C1. The van der Waals surface area contributed by atoms with Crippen LogP contribution in [0.4, 0.5) is 19.5 Å². The number of hydrogen-bond donors (Lipinski definition) is 2. The van der Waals surface area contributed by atoms with Gasteiger partial charge in [0, 0.05) is 49.0 Å². The number of imidazole rings is 1. The Morgan fingerprint density at radius 3 is 2.79 bits per heavy atom. The lowest BCUT2D eigenvalue weighted by Gasteiger charge is -2.33. The van der Waals surface area contributed by atoms with Crippen LogP contribution in [0.1, 0.15) is 18.4 Å². The Labute approximate surface area is 227 Å². The van der Waals surface area contributed by atoms with Gasteiger partial charge in [-0.2, -0.15) is 0 Å². The van der Waals surface area contributed by atoms with Gasteiger partial charge in [-0.15, -0.1) is 11.3 Å². The first-order valence-electron chi connectivity index (χ1n) is 12.6. The number of halogens is 2. The molecular formula is C28H25F2N7OS. The summed E-state index contributed by atoms with van der Waals surface area (Å²) in [5, 5.41) is 8.28. The minimum atomic E-state index is -0.936. The molecule has 1 fully saturated rings. The fourth-order valence-corrected chi connectivity index (χ4v) is 5.50. The number of hydrogen-bond acceptors (Lipinski definition) is 6. The van der Waals surface area contributed by atoms with Gasteiger partial charge in [0.25, 0.3) is 0 Å². The zero-order valence-electron chi connectivity index (χ0n) is 20.8. The van der Waals surface area contributed by atoms with Gasteiger partial charge in [0.15, 0.2) is 16.6 Å². The molecule has 6 rings (SSSR count). The van der Waals surface area contributed by atoms with Crippen LogP contribution in [0.2, 0.25) is 0 Å². The molecular weight excluding hydrogens is 520 g/mol. The molecule has 198 valence electrons. The summed E-state index contributed by atoms with van der Waals surface area (Å²) in [5.41, 5.74) is 3.26. The smallest absolute Gasteiger partial charge is 0.317 e. The molecule has 2 N–H and O–H groups in total. The van der Waals surface area contributed by atoms with E-state index < -0.39 is 11.6 Å². The standard InChI is InChI=1S/C28H25F2N7OS/c29-21-9-8-19(15-22(21)30)24-25(37-13-14-39-28(37)35-24)23-10-11-31-26(34-23)33-20-7-4-12-36(17-20)27(38)32-16-18-5-2-1-3-6-18/h1-3,5-6,8-11,13-15,20H,4,7,12,16-17H2,(H,32,38)(H,31,33,34)/t20-/m1/s1. The van der Waals surface area contributed by atoms with Crippen LogP contribution in [0.5, 0.6) is 0 Å². The number of nitrogens with one attached hydrogen (secondary N) is 2. The number of nitrogens with zero attached hydrogens (tertiary/aromatic N) is 5. The van der Waals surface area contributed by atoms with Crippen LogP contribution in [0.25, 0.3) is 27.6 Å². The van der Waals surface area contributed by atoms with E-state index in [4.69, 9.17) is 4.98 Å². The van der Waals surface area contributed by atoms with E-state index >= 15 is 0 Å². The zero-order chi connectivity index (χ0) is 26.8. The molecule has 11 heteroatoms. The number of likely N-dealkylation sites (tertiary alicyclic amines) is 1. The molecule has 1 aliphatic rings. The summed E-state index contributed by atoms with van der Waals surface area (Å²) in [7, 11) is 0. The molecule has 0 radical (unpaired) electrons. The normalized spacial score (nSPS) is 15.4. The Morgan fingerprint density at radius 1 is 1.08 bits per heavy atom. The average molecular weight is 546 g/mol. The van der Waals surface area contributed by atoms with E-state index in [-0.39, 0.29) is 12.1 Å². The molecule has 1 atom stereocenters. The van der Waals surface area contributed by atoms with Crippen LogP contribution in [0.15, 0.2) is 72.4 Å². The summed E-state index contributed by atoms with van der Waals surface area (Å²) < 4.78 is 29.5. The van der Waals surface area contributed by atoms with Crippen molar-refractivity contribution in [3.63, 3.8) is 0 Å². The first kappa shape index (κ1) is 24.9. The summed E-state index contributed by atoms with van der Waals surface area (Å²) in [6.45, 7) is 1.68. The minimum Gasteiger partial charge on any atom is -0.350 e. The number of carbonyl (C=O) groups excluding carboxylic acids is 1. The molecule has 1 aliphatic heterocycles. The van der Waals surface area contributed by atoms with Gasteiger partial charge in [0.1, 0.15) is 5.69 Å². The topological polar surface area (TPSA) is 87.5 Å². The average Bonchev–Trinajstić information content (AvgIpc) is 3.56. The molecule has 1 saturated heterocycles. The predicted octanol–water partition coefficient (Wildman–Crippen LogP) is 5.58. The highest BCUT2D eigenvalue weighted by Gasteiger charge is 2.25. The van der Waals surface area contributed by atoms with Crippen LogP contribution in [-0.2, 0) is 6.54 Å². The van der Waals surface area contributed by atoms with Gasteiger partial charge >= 0.3 is 6.03 Å². The zero-order valence-corrected chi connectivity index (χ0v) is 21.7. The van der Waals surface area contributed by atoms with Crippen molar-refractivity contribution in [2.45, 2.75) is 25.4 Å². The molecule has 0 bridgehead atoms. The van der Waals surface area contributed by atoms with Gasteiger partial charge in [-0.1, -0.05) is 30.3 Å². The molecule has 0 aliphatic carbocycles. The van der Waals surface area contributed by atoms with Crippen molar-refractivity contribution in [2.75, 3.05) is 18.4 Å². The first-order valence-corrected chi connectivity index (χ1v) is 13.5. The van der Waals surface area contributed by atoms with Gasteiger partial charge < -0.3 is 15.5 Å². The van der Waals surface area contributed by atoms with Gasteiger partial charge in [0.05, 0.1) is 11.4 Å². The van der Waals surface area contributed by atoms with Crippen molar-refractivity contribution in [3.8, 4) is 22.6 Å². The Hall–Kier alpha value is -4.38.